The Balaban J connectivity index is 2.02. The lowest BCUT2D eigenvalue weighted by molar-refractivity contribution is -0.160. The number of carbonyl (C=O) groups is 1. The molecule has 0 saturated carbocycles. The topological polar surface area (TPSA) is 44.8 Å². The van der Waals surface area contributed by atoms with E-state index in [1.165, 1.54) is 7.11 Å². The highest BCUT2D eigenvalue weighted by molar-refractivity contribution is 7.94. The first kappa shape index (κ1) is 16.8. The van der Waals surface area contributed by atoms with Crippen molar-refractivity contribution in [2.45, 2.75) is 24.3 Å². The predicted octanol–water partition coefficient (Wildman–Crippen LogP) is 4.52. The smallest absolute Gasteiger partial charge is 0.210 e. The normalized spacial score (nSPS) is 16.4. The molecule has 124 valence electrons. The van der Waals surface area contributed by atoms with Gasteiger partial charge in [-0.25, -0.2) is 4.89 Å². The molecule has 1 heterocycles. The molecule has 0 spiro atoms. The first-order valence-electron chi connectivity index (χ1n) is 7.54. The van der Waals surface area contributed by atoms with Gasteiger partial charge in [0.15, 0.2) is 5.60 Å². The predicted molar refractivity (Wildman–Crippen MR) is 93.8 cm³/mol. The highest BCUT2D eigenvalue weighted by atomic mass is 32.2. The van der Waals surface area contributed by atoms with E-state index >= 15 is 0 Å². The van der Waals surface area contributed by atoms with Crippen molar-refractivity contribution in [1.29, 1.82) is 0 Å². The highest BCUT2D eigenvalue weighted by Crippen LogP contribution is 2.41. The fraction of sp³-hybridized carbons (Fsp3) is 0.211. The zero-order valence-electron chi connectivity index (χ0n) is 13.7. The van der Waals surface area contributed by atoms with Crippen molar-refractivity contribution in [2.24, 2.45) is 0 Å². The average molecular weight is 342 g/mol. The molecule has 0 aromatic heterocycles. The molecule has 0 aliphatic carbocycles. The molecule has 0 unspecified atom stereocenters. The Kier molecular flexibility index (Phi) is 4.76. The number of ether oxygens (including phenoxy) is 1. The molecule has 0 amide bonds. The summed E-state index contributed by atoms with van der Waals surface area (Å²) >= 11 is 1.12. The summed E-state index contributed by atoms with van der Waals surface area (Å²) in [6.07, 6.45) is 0. The van der Waals surface area contributed by atoms with E-state index in [9.17, 15) is 4.79 Å². The van der Waals surface area contributed by atoms with Crippen LogP contribution in [0.15, 0.2) is 59.5 Å². The van der Waals surface area contributed by atoms with E-state index in [1.807, 2.05) is 54.6 Å². The van der Waals surface area contributed by atoms with Gasteiger partial charge in [0.1, 0.15) is 5.76 Å². The van der Waals surface area contributed by atoms with Crippen molar-refractivity contribution in [3.05, 3.63) is 65.7 Å². The number of benzene rings is 2. The number of rotatable bonds is 5. The first-order valence-corrected chi connectivity index (χ1v) is 8.28. The second kappa shape index (κ2) is 6.81. The van der Waals surface area contributed by atoms with Gasteiger partial charge < -0.3 is 4.74 Å². The van der Waals surface area contributed by atoms with Gasteiger partial charge in [-0.15, -0.1) is 0 Å². The Morgan fingerprint density at radius 2 is 1.62 bits per heavy atom. The summed E-state index contributed by atoms with van der Waals surface area (Å²) in [4.78, 5) is 18.3. The van der Waals surface area contributed by atoms with Crippen LogP contribution >= 0.6 is 12.0 Å². The number of carbonyl (C=O) groups excluding carboxylic acids is 1. The zero-order valence-corrected chi connectivity index (χ0v) is 14.6. The van der Waals surface area contributed by atoms with E-state index < -0.39 is 5.60 Å². The molecule has 24 heavy (non-hydrogen) atoms. The standard InChI is InChI=1S/C19H18O4S/c1-19(2)18(20)16(13-7-5-4-6-8-13)17(22-19)14-9-11-15(12-10-14)24-23-21-3/h4-12H,1-3H3. The van der Waals surface area contributed by atoms with Crippen LogP contribution < -0.4 is 0 Å². The molecule has 5 heteroatoms. The molecule has 0 bridgehead atoms. The second-order valence-corrected chi connectivity index (χ2v) is 6.63. The van der Waals surface area contributed by atoms with Gasteiger partial charge in [0.2, 0.25) is 5.78 Å². The molecule has 0 fully saturated rings. The first-order chi connectivity index (χ1) is 11.5. The van der Waals surface area contributed by atoms with Crippen molar-refractivity contribution in [3.63, 3.8) is 0 Å². The number of hydrogen-bond donors (Lipinski definition) is 0. The van der Waals surface area contributed by atoms with Crippen molar-refractivity contribution in [2.75, 3.05) is 7.11 Å². The minimum atomic E-state index is -0.868. The van der Waals surface area contributed by atoms with Gasteiger partial charge in [-0.05, 0) is 31.5 Å². The summed E-state index contributed by atoms with van der Waals surface area (Å²) in [5, 5.41) is 0. The van der Waals surface area contributed by atoms with E-state index in [4.69, 9.17) is 9.07 Å². The van der Waals surface area contributed by atoms with Crippen molar-refractivity contribution in [3.8, 4) is 0 Å². The number of hydrogen-bond acceptors (Lipinski definition) is 5. The summed E-state index contributed by atoms with van der Waals surface area (Å²) in [6.45, 7) is 3.59. The fourth-order valence-corrected chi connectivity index (χ4v) is 2.96. The summed E-state index contributed by atoms with van der Waals surface area (Å²) in [6, 6.07) is 17.2. The Labute approximate surface area is 145 Å². The molecule has 2 aromatic rings. The van der Waals surface area contributed by atoms with Gasteiger partial charge >= 0.3 is 0 Å². The van der Waals surface area contributed by atoms with Crippen molar-refractivity contribution < 1.29 is 18.8 Å². The lowest BCUT2D eigenvalue weighted by Gasteiger charge is -2.17. The summed E-state index contributed by atoms with van der Waals surface area (Å²) in [5.41, 5.74) is 1.47. The fourth-order valence-electron chi connectivity index (χ4n) is 2.56. The van der Waals surface area contributed by atoms with Crippen LogP contribution in [-0.2, 0) is 18.8 Å². The van der Waals surface area contributed by atoms with Gasteiger partial charge in [0, 0.05) is 10.5 Å². The van der Waals surface area contributed by atoms with Gasteiger partial charge in [-0.3, -0.25) is 4.79 Å². The molecule has 0 radical (unpaired) electrons. The Bertz CT molecular complexity index is 764. The monoisotopic (exact) mass is 342 g/mol. The molecule has 0 saturated heterocycles. The molecule has 4 nitrogen and oxygen atoms in total. The van der Waals surface area contributed by atoms with Crippen LogP contribution in [0.2, 0.25) is 0 Å². The third-order valence-corrected chi connectivity index (χ3v) is 4.40. The van der Waals surface area contributed by atoms with Crippen LogP contribution in [0.5, 0.6) is 0 Å². The van der Waals surface area contributed by atoms with Crippen molar-refractivity contribution in [1.82, 2.24) is 0 Å². The second-order valence-electron chi connectivity index (χ2n) is 5.85. The van der Waals surface area contributed by atoms with E-state index in [0.29, 0.717) is 11.3 Å². The SMILES string of the molecule is COOSc1ccc(C2=C(c3ccccc3)C(=O)C(C)(C)O2)cc1. The lowest BCUT2D eigenvalue weighted by atomic mass is 9.93. The molecular weight excluding hydrogens is 324 g/mol. The van der Waals surface area contributed by atoms with Gasteiger partial charge in [0.25, 0.3) is 0 Å². The summed E-state index contributed by atoms with van der Waals surface area (Å²) < 4.78 is 10.8. The van der Waals surface area contributed by atoms with Gasteiger partial charge in [-0.1, -0.05) is 42.5 Å². The minimum Gasteiger partial charge on any atom is -0.478 e. The van der Waals surface area contributed by atoms with E-state index in [1.54, 1.807) is 13.8 Å². The maximum Gasteiger partial charge on any atom is 0.210 e. The van der Waals surface area contributed by atoms with Crippen LogP contribution in [0, 0.1) is 0 Å². The Morgan fingerprint density at radius 3 is 2.25 bits per heavy atom. The minimum absolute atomic E-state index is 0.00938. The van der Waals surface area contributed by atoms with Crippen LogP contribution in [0.25, 0.3) is 11.3 Å². The van der Waals surface area contributed by atoms with Gasteiger partial charge in [0.05, 0.1) is 24.7 Å². The Hall–Kier alpha value is -2.08. The lowest BCUT2D eigenvalue weighted by Crippen LogP contribution is -2.29. The third kappa shape index (κ3) is 3.24. The average Bonchev–Trinajstić information content (AvgIpc) is 2.84. The molecule has 2 aromatic carbocycles. The molecule has 1 aliphatic rings. The summed E-state index contributed by atoms with van der Waals surface area (Å²) in [7, 11) is 1.46. The van der Waals surface area contributed by atoms with E-state index in [-0.39, 0.29) is 5.78 Å². The molecule has 1 aliphatic heterocycles. The summed E-state index contributed by atoms with van der Waals surface area (Å²) in [5.74, 6) is 0.602. The number of Topliss-reactive ketones (excluding diaryl/α,β-unsaturated/α-hetero) is 1. The maximum absolute atomic E-state index is 12.8. The third-order valence-electron chi connectivity index (χ3n) is 3.74. The molecule has 0 N–H and O–H groups in total. The highest BCUT2D eigenvalue weighted by Gasteiger charge is 2.42. The van der Waals surface area contributed by atoms with E-state index in [0.717, 1.165) is 28.1 Å². The van der Waals surface area contributed by atoms with Crippen LogP contribution in [0.4, 0.5) is 0 Å². The van der Waals surface area contributed by atoms with Crippen molar-refractivity contribution >= 4 is 29.2 Å². The zero-order chi connectivity index (χ0) is 17.2. The largest absolute Gasteiger partial charge is 0.478 e. The molecular formula is C19H18O4S. The van der Waals surface area contributed by atoms with Crippen LogP contribution in [0.3, 0.4) is 0 Å². The molecule has 3 rings (SSSR count). The number of ketones is 1. The van der Waals surface area contributed by atoms with Crippen LogP contribution in [-0.4, -0.2) is 18.5 Å². The van der Waals surface area contributed by atoms with Crippen LogP contribution in [0.1, 0.15) is 25.0 Å². The Morgan fingerprint density at radius 1 is 0.958 bits per heavy atom. The quantitative estimate of drug-likeness (QED) is 0.454. The molecule has 0 atom stereocenters. The maximum atomic E-state index is 12.8. The van der Waals surface area contributed by atoms with E-state index in [2.05, 4.69) is 4.89 Å². The van der Waals surface area contributed by atoms with Gasteiger partial charge in [-0.2, -0.15) is 4.33 Å².